The monoisotopic (exact) mass is 489 g/mol. The van der Waals surface area contributed by atoms with E-state index in [9.17, 15) is 18.4 Å². The lowest BCUT2D eigenvalue weighted by atomic mass is 10.0. The number of amides is 1. The van der Waals surface area contributed by atoms with Crippen molar-refractivity contribution in [2.75, 3.05) is 7.05 Å². The molecule has 1 aromatic heterocycles. The highest BCUT2D eigenvalue weighted by molar-refractivity contribution is 5.97. The molecule has 6 nitrogen and oxygen atoms in total. The molecule has 0 saturated carbocycles. The van der Waals surface area contributed by atoms with E-state index in [-0.39, 0.29) is 24.0 Å². The number of aryl methyl sites for hydroxylation is 1. The van der Waals surface area contributed by atoms with Gasteiger partial charge in [0.2, 0.25) is 0 Å². The molecular weight excluding hydrogens is 464 g/mol. The number of unbranched alkanes of at least 4 members (excludes halogenated alkanes) is 1. The summed E-state index contributed by atoms with van der Waals surface area (Å²) >= 11 is 0. The van der Waals surface area contributed by atoms with Gasteiger partial charge in [0.05, 0.1) is 22.4 Å². The summed E-state index contributed by atoms with van der Waals surface area (Å²) in [5.74, 6) is -1.76. The van der Waals surface area contributed by atoms with Gasteiger partial charge in [0, 0.05) is 31.1 Å². The maximum Gasteiger partial charge on any atom is 0.303 e. The van der Waals surface area contributed by atoms with Crippen LogP contribution < -0.4 is 0 Å². The molecule has 0 spiro atoms. The van der Waals surface area contributed by atoms with Crippen LogP contribution in [0.1, 0.15) is 40.9 Å². The second kappa shape index (κ2) is 11.0. The topological polar surface area (TPSA) is 83.4 Å². The summed E-state index contributed by atoms with van der Waals surface area (Å²) in [5, 5.41) is 8.93. The Hall–Kier alpha value is -4.20. The van der Waals surface area contributed by atoms with E-state index in [1.54, 1.807) is 54.4 Å². The Morgan fingerprint density at radius 3 is 2.19 bits per heavy atom. The third kappa shape index (κ3) is 6.07. The van der Waals surface area contributed by atoms with Crippen LogP contribution in [0.4, 0.5) is 8.78 Å². The van der Waals surface area contributed by atoms with Crippen LogP contribution >= 0.6 is 0 Å². The van der Waals surface area contributed by atoms with Gasteiger partial charge in [-0.2, -0.15) is 0 Å². The maximum absolute atomic E-state index is 13.5. The number of carbonyl (C=O) groups excluding carboxylic acids is 1. The molecule has 36 heavy (non-hydrogen) atoms. The summed E-state index contributed by atoms with van der Waals surface area (Å²) in [6.07, 6.45) is 1.64. The number of hydrogen-bond donors (Lipinski definition) is 1. The quantitative estimate of drug-likeness (QED) is 0.308. The van der Waals surface area contributed by atoms with Crippen molar-refractivity contribution < 1.29 is 23.5 Å². The number of benzene rings is 3. The smallest absolute Gasteiger partial charge is 0.303 e. The molecular formula is C28H25F2N3O3. The molecule has 0 aliphatic heterocycles. The molecule has 0 aliphatic rings. The highest BCUT2D eigenvalue weighted by atomic mass is 19.1. The zero-order chi connectivity index (χ0) is 25.7. The molecule has 0 aliphatic carbocycles. The number of aliphatic carboxylic acids is 1. The molecule has 4 aromatic rings. The zero-order valence-electron chi connectivity index (χ0n) is 19.7. The number of rotatable bonds is 9. The zero-order valence-corrected chi connectivity index (χ0v) is 19.7. The van der Waals surface area contributed by atoms with E-state index >= 15 is 0 Å². The third-order valence-electron chi connectivity index (χ3n) is 5.83. The van der Waals surface area contributed by atoms with E-state index in [4.69, 9.17) is 15.1 Å². The number of fused-ring (bicyclic) bond motifs is 1. The summed E-state index contributed by atoms with van der Waals surface area (Å²) in [4.78, 5) is 35.0. The Morgan fingerprint density at radius 2 is 1.53 bits per heavy atom. The largest absolute Gasteiger partial charge is 0.481 e. The normalized spacial score (nSPS) is 11.0. The van der Waals surface area contributed by atoms with Crippen LogP contribution in [0.3, 0.4) is 0 Å². The summed E-state index contributed by atoms with van der Waals surface area (Å²) in [7, 11) is 1.67. The second-order valence-corrected chi connectivity index (χ2v) is 8.62. The Morgan fingerprint density at radius 1 is 0.861 bits per heavy atom. The molecule has 0 fully saturated rings. The van der Waals surface area contributed by atoms with Crippen molar-refractivity contribution in [1.82, 2.24) is 14.9 Å². The van der Waals surface area contributed by atoms with Crippen LogP contribution in [0.15, 0.2) is 66.7 Å². The fourth-order valence-corrected chi connectivity index (χ4v) is 3.96. The van der Waals surface area contributed by atoms with Crippen molar-refractivity contribution in [1.29, 1.82) is 0 Å². The predicted octanol–water partition coefficient (Wildman–Crippen LogP) is 5.64. The molecule has 3 aromatic carbocycles. The number of halogens is 2. The second-order valence-electron chi connectivity index (χ2n) is 8.62. The summed E-state index contributed by atoms with van der Waals surface area (Å²) < 4.78 is 26.7. The first-order valence-corrected chi connectivity index (χ1v) is 11.6. The molecule has 0 bridgehead atoms. The van der Waals surface area contributed by atoms with Crippen LogP contribution in [-0.2, 0) is 17.8 Å². The molecule has 0 radical (unpaired) electrons. The fraction of sp³-hybridized carbons (Fsp3) is 0.214. The van der Waals surface area contributed by atoms with E-state index in [0.29, 0.717) is 59.4 Å². The van der Waals surface area contributed by atoms with Gasteiger partial charge < -0.3 is 10.0 Å². The molecule has 4 rings (SSSR count). The van der Waals surface area contributed by atoms with Gasteiger partial charge in [-0.25, -0.2) is 18.7 Å². The summed E-state index contributed by atoms with van der Waals surface area (Å²) in [6, 6.07) is 17.1. The molecule has 0 unspecified atom stereocenters. The number of hydrogen-bond acceptors (Lipinski definition) is 4. The molecule has 1 heterocycles. The van der Waals surface area contributed by atoms with E-state index in [0.717, 1.165) is 5.56 Å². The first-order chi connectivity index (χ1) is 17.3. The van der Waals surface area contributed by atoms with Gasteiger partial charge in [0.15, 0.2) is 0 Å². The molecule has 1 N–H and O–H groups in total. The minimum absolute atomic E-state index is 0.0614. The lowest BCUT2D eigenvalue weighted by Crippen LogP contribution is -2.26. The first kappa shape index (κ1) is 24.9. The van der Waals surface area contributed by atoms with Crippen molar-refractivity contribution in [2.45, 2.75) is 32.2 Å². The van der Waals surface area contributed by atoms with Gasteiger partial charge >= 0.3 is 5.97 Å². The molecule has 1 amide bonds. The Bertz CT molecular complexity index is 1390. The number of carbonyl (C=O) groups is 2. The van der Waals surface area contributed by atoms with Crippen molar-refractivity contribution in [3.63, 3.8) is 0 Å². The SMILES string of the molecule is CN(Cc1ccc(F)cc1)C(=O)c1ccc2nc(-c3ccc(F)cc3)c(CCCCC(=O)O)nc2c1. The minimum atomic E-state index is -0.855. The molecule has 0 atom stereocenters. The highest BCUT2D eigenvalue weighted by Crippen LogP contribution is 2.26. The van der Waals surface area contributed by atoms with Gasteiger partial charge in [-0.05, 0) is 79.4 Å². The number of aromatic nitrogens is 2. The highest BCUT2D eigenvalue weighted by Gasteiger charge is 2.16. The molecule has 0 saturated heterocycles. The average Bonchev–Trinajstić information content (AvgIpc) is 2.87. The summed E-state index contributed by atoms with van der Waals surface area (Å²) in [6.45, 7) is 0.321. The van der Waals surface area contributed by atoms with Gasteiger partial charge in [-0.15, -0.1) is 0 Å². The minimum Gasteiger partial charge on any atom is -0.481 e. The van der Waals surface area contributed by atoms with Crippen LogP contribution in [-0.4, -0.2) is 38.9 Å². The molecule has 184 valence electrons. The van der Waals surface area contributed by atoms with E-state index in [2.05, 4.69) is 0 Å². The number of carboxylic acids is 1. The van der Waals surface area contributed by atoms with Gasteiger partial charge in [0.1, 0.15) is 11.6 Å². The Labute approximate surface area is 207 Å². The fourth-order valence-electron chi connectivity index (χ4n) is 3.96. The van der Waals surface area contributed by atoms with Gasteiger partial charge in [-0.1, -0.05) is 12.1 Å². The van der Waals surface area contributed by atoms with E-state index < -0.39 is 5.97 Å². The van der Waals surface area contributed by atoms with Gasteiger partial charge in [-0.3, -0.25) is 9.59 Å². The van der Waals surface area contributed by atoms with E-state index in [1.165, 1.54) is 24.3 Å². The lowest BCUT2D eigenvalue weighted by molar-refractivity contribution is -0.137. The molecule has 8 heteroatoms. The first-order valence-electron chi connectivity index (χ1n) is 11.6. The Kier molecular flexibility index (Phi) is 7.63. The van der Waals surface area contributed by atoms with Crippen LogP contribution in [0.2, 0.25) is 0 Å². The van der Waals surface area contributed by atoms with Crippen molar-refractivity contribution in [3.8, 4) is 11.3 Å². The van der Waals surface area contributed by atoms with Crippen LogP contribution in [0.5, 0.6) is 0 Å². The summed E-state index contributed by atoms with van der Waals surface area (Å²) in [5.41, 5.74) is 4.33. The number of nitrogens with zero attached hydrogens (tertiary/aromatic N) is 3. The third-order valence-corrected chi connectivity index (χ3v) is 5.83. The maximum atomic E-state index is 13.5. The average molecular weight is 490 g/mol. The van der Waals surface area contributed by atoms with Crippen molar-refractivity contribution >= 4 is 22.9 Å². The number of carboxylic acid groups (broad SMARTS) is 1. The van der Waals surface area contributed by atoms with Crippen LogP contribution in [0.25, 0.3) is 22.3 Å². The van der Waals surface area contributed by atoms with Crippen molar-refractivity contribution in [3.05, 3.63) is 95.2 Å². The lowest BCUT2D eigenvalue weighted by Gasteiger charge is -2.18. The standard InChI is InChI=1S/C28H25F2N3O3/c1-33(17-18-6-11-21(29)12-7-18)28(36)20-10-15-23-25(16-20)31-24(4-2-3-5-26(34)35)27(32-23)19-8-13-22(30)14-9-19/h6-16H,2-5,17H2,1H3,(H,34,35). The van der Waals surface area contributed by atoms with E-state index in [1.807, 2.05) is 0 Å². The Balaban J connectivity index is 1.63. The predicted molar refractivity (Wildman–Crippen MR) is 132 cm³/mol. The van der Waals surface area contributed by atoms with Gasteiger partial charge in [0.25, 0.3) is 5.91 Å². The van der Waals surface area contributed by atoms with Crippen molar-refractivity contribution in [2.24, 2.45) is 0 Å². The van der Waals surface area contributed by atoms with Crippen LogP contribution in [0, 0.1) is 11.6 Å².